The van der Waals surface area contributed by atoms with Gasteiger partial charge in [0.25, 0.3) is 0 Å². The van der Waals surface area contributed by atoms with Crippen LogP contribution >= 0.6 is 7.82 Å². The van der Waals surface area contributed by atoms with Crippen molar-refractivity contribution in [2.24, 2.45) is 0 Å². The van der Waals surface area contributed by atoms with E-state index in [0.717, 1.165) is 70.6 Å². The third-order valence-electron chi connectivity index (χ3n) is 9.60. The van der Waals surface area contributed by atoms with E-state index in [9.17, 15) is 19.0 Å². The predicted molar refractivity (Wildman–Crippen MR) is 243 cm³/mol. The molecular formula is C48H87NO8P+. The normalized spacial score (nSPS) is 14.1. The number of carbonyl (C=O) groups excluding carboxylic acids is 2. The Balaban J connectivity index is 4.26. The second-order valence-corrected chi connectivity index (χ2v) is 17.9. The van der Waals surface area contributed by atoms with Crippen molar-refractivity contribution >= 4 is 19.8 Å². The number of phosphoric acid groups is 1. The minimum Gasteiger partial charge on any atom is -0.462 e. The Morgan fingerprint density at radius 1 is 0.552 bits per heavy atom. The second-order valence-electron chi connectivity index (χ2n) is 16.4. The molecule has 0 rings (SSSR count). The number of quaternary nitrogens is 1. The molecule has 0 aliphatic heterocycles. The van der Waals surface area contributed by atoms with Gasteiger partial charge in [0.2, 0.25) is 0 Å². The predicted octanol–water partition coefficient (Wildman–Crippen LogP) is 13.2. The SMILES string of the molecule is CC/C=C/C=C/C=C/CCCCCCCC(=O)OC(COC(=O)CCCCCCCCCCCCCCCC/C=C/C/C=C/CC)COP(=O)(O)OCC[N+](C)(C)C. The van der Waals surface area contributed by atoms with Crippen molar-refractivity contribution in [3.05, 3.63) is 60.8 Å². The van der Waals surface area contributed by atoms with Crippen LogP contribution in [0.2, 0.25) is 0 Å². The van der Waals surface area contributed by atoms with E-state index in [2.05, 4.69) is 56.4 Å². The molecule has 0 spiro atoms. The van der Waals surface area contributed by atoms with E-state index in [4.69, 9.17) is 18.5 Å². The maximum Gasteiger partial charge on any atom is 0.472 e. The van der Waals surface area contributed by atoms with E-state index >= 15 is 0 Å². The molecule has 0 aliphatic rings. The molecule has 0 aromatic carbocycles. The van der Waals surface area contributed by atoms with Gasteiger partial charge >= 0.3 is 19.8 Å². The molecule has 9 nitrogen and oxygen atoms in total. The van der Waals surface area contributed by atoms with Crippen LogP contribution in [0.1, 0.15) is 181 Å². The van der Waals surface area contributed by atoms with Gasteiger partial charge in [-0.3, -0.25) is 18.6 Å². The zero-order chi connectivity index (χ0) is 42.8. The molecular weight excluding hydrogens is 750 g/mol. The van der Waals surface area contributed by atoms with Gasteiger partial charge in [-0.2, -0.15) is 0 Å². The van der Waals surface area contributed by atoms with Crippen molar-refractivity contribution in [2.75, 3.05) is 47.5 Å². The number of allylic oxidation sites excluding steroid dienone is 10. The fourth-order valence-electron chi connectivity index (χ4n) is 6.05. The Morgan fingerprint density at radius 3 is 1.55 bits per heavy atom. The summed E-state index contributed by atoms with van der Waals surface area (Å²) in [6.07, 6.45) is 48.5. The number of nitrogens with zero attached hydrogens (tertiary/aromatic N) is 1. The molecule has 0 aromatic rings. The summed E-state index contributed by atoms with van der Waals surface area (Å²) in [5.41, 5.74) is 0. The highest BCUT2D eigenvalue weighted by molar-refractivity contribution is 7.47. The lowest BCUT2D eigenvalue weighted by Crippen LogP contribution is -2.37. The molecule has 1 N–H and O–H groups in total. The Morgan fingerprint density at radius 2 is 1.02 bits per heavy atom. The molecule has 336 valence electrons. The van der Waals surface area contributed by atoms with Crippen LogP contribution in [-0.2, 0) is 32.7 Å². The average Bonchev–Trinajstić information content (AvgIpc) is 3.17. The molecule has 0 amide bonds. The number of esters is 2. The van der Waals surface area contributed by atoms with Crippen molar-refractivity contribution in [1.29, 1.82) is 0 Å². The molecule has 0 heterocycles. The molecule has 10 heteroatoms. The summed E-state index contributed by atoms with van der Waals surface area (Å²) in [4.78, 5) is 35.4. The summed E-state index contributed by atoms with van der Waals surface area (Å²) in [7, 11) is 1.46. The fourth-order valence-corrected chi connectivity index (χ4v) is 6.79. The third-order valence-corrected chi connectivity index (χ3v) is 10.6. The lowest BCUT2D eigenvalue weighted by Gasteiger charge is -2.24. The monoisotopic (exact) mass is 837 g/mol. The fraction of sp³-hybridized carbons (Fsp3) is 0.750. The standard InChI is InChI=1S/C48H86NO8P/c1-6-8-10-12-14-16-18-20-21-22-23-24-25-26-27-29-30-32-34-36-38-40-47(50)54-44-46(45-56-58(52,53)55-43-42-49(3,4)5)57-48(51)41-39-37-35-33-31-28-19-17-15-13-11-9-7-2/h8-11,13-17,19,46H,6-7,12,18,20-45H2,1-5H3/p+1/b10-8+,11-9+,15-13+,16-14+,19-17+. The first-order valence-corrected chi connectivity index (χ1v) is 24.5. The van der Waals surface area contributed by atoms with Gasteiger partial charge in [0.1, 0.15) is 19.8 Å². The van der Waals surface area contributed by atoms with Gasteiger partial charge in [0.15, 0.2) is 6.10 Å². The number of likely N-dealkylation sites (N-methyl/N-ethyl adjacent to an activating group) is 1. The van der Waals surface area contributed by atoms with Gasteiger partial charge in [0, 0.05) is 12.8 Å². The Labute approximate surface area is 356 Å². The number of hydrogen-bond acceptors (Lipinski definition) is 7. The zero-order valence-electron chi connectivity index (χ0n) is 37.8. The molecule has 58 heavy (non-hydrogen) atoms. The summed E-state index contributed by atoms with van der Waals surface area (Å²) >= 11 is 0. The van der Waals surface area contributed by atoms with Gasteiger partial charge in [-0.15, -0.1) is 0 Å². The van der Waals surface area contributed by atoms with Gasteiger partial charge in [0.05, 0.1) is 27.7 Å². The largest absolute Gasteiger partial charge is 0.472 e. The molecule has 0 fully saturated rings. The van der Waals surface area contributed by atoms with Crippen LogP contribution in [-0.4, -0.2) is 74.9 Å². The number of phosphoric ester groups is 1. The summed E-state index contributed by atoms with van der Waals surface area (Å²) in [5.74, 6) is -0.824. The molecule has 2 unspecified atom stereocenters. The summed E-state index contributed by atoms with van der Waals surface area (Å²) in [5, 5.41) is 0. The molecule has 0 aromatic heterocycles. The van der Waals surface area contributed by atoms with Crippen LogP contribution in [0, 0.1) is 0 Å². The molecule has 0 radical (unpaired) electrons. The highest BCUT2D eigenvalue weighted by atomic mass is 31.2. The van der Waals surface area contributed by atoms with E-state index < -0.39 is 26.5 Å². The highest BCUT2D eigenvalue weighted by Gasteiger charge is 2.27. The Hall–Kier alpha value is -2.29. The Kier molecular flexibility index (Phi) is 38.5. The minimum absolute atomic E-state index is 0.0254. The molecule has 2 atom stereocenters. The van der Waals surface area contributed by atoms with Crippen molar-refractivity contribution in [1.82, 2.24) is 0 Å². The van der Waals surface area contributed by atoms with Gasteiger partial charge in [-0.25, -0.2) is 4.57 Å². The summed E-state index contributed by atoms with van der Waals surface area (Å²) in [6, 6.07) is 0. The molecule has 0 saturated carbocycles. The maximum absolute atomic E-state index is 12.7. The first-order valence-electron chi connectivity index (χ1n) is 23.0. The first-order chi connectivity index (χ1) is 28.0. The Bertz CT molecular complexity index is 1170. The van der Waals surface area contributed by atoms with E-state index in [0.29, 0.717) is 17.4 Å². The van der Waals surface area contributed by atoms with Crippen LogP contribution in [0.15, 0.2) is 60.8 Å². The van der Waals surface area contributed by atoms with Gasteiger partial charge in [-0.05, 0) is 57.8 Å². The summed E-state index contributed by atoms with van der Waals surface area (Å²) in [6.45, 7) is 4.16. The maximum atomic E-state index is 12.7. The second kappa shape index (κ2) is 40.1. The van der Waals surface area contributed by atoms with Crippen molar-refractivity contribution in [3.63, 3.8) is 0 Å². The topological polar surface area (TPSA) is 108 Å². The van der Waals surface area contributed by atoms with Crippen LogP contribution in [0.25, 0.3) is 0 Å². The lowest BCUT2D eigenvalue weighted by atomic mass is 10.0. The average molecular weight is 837 g/mol. The number of carbonyl (C=O) groups is 2. The number of rotatable bonds is 41. The number of ether oxygens (including phenoxy) is 2. The smallest absolute Gasteiger partial charge is 0.462 e. The van der Waals surface area contributed by atoms with Crippen LogP contribution in [0.3, 0.4) is 0 Å². The number of unbranched alkanes of at least 4 members (excludes halogenated alkanes) is 19. The third kappa shape index (κ3) is 43.3. The molecule has 0 aliphatic carbocycles. The summed E-state index contributed by atoms with van der Waals surface area (Å²) < 4.78 is 34.3. The zero-order valence-corrected chi connectivity index (χ0v) is 38.7. The number of hydrogen-bond donors (Lipinski definition) is 1. The van der Waals surface area contributed by atoms with Crippen molar-refractivity contribution in [2.45, 2.75) is 187 Å². The van der Waals surface area contributed by atoms with Gasteiger partial charge in [-0.1, -0.05) is 171 Å². The first kappa shape index (κ1) is 55.7. The quantitative estimate of drug-likeness (QED) is 0.0162. The van der Waals surface area contributed by atoms with E-state index in [-0.39, 0.29) is 32.0 Å². The van der Waals surface area contributed by atoms with E-state index in [1.807, 2.05) is 39.4 Å². The van der Waals surface area contributed by atoms with Crippen molar-refractivity contribution < 1.29 is 42.1 Å². The van der Waals surface area contributed by atoms with Crippen LogP contribution in [0.5, 0.6) is 0 Å². The van der Waals surface area contributed by atoms with E-state index in [1.165, 1.54) is 77.0 Å². The minimum atomic E-state index is -4.38. The molecule has 0 saturated heterocycles. The van der Waals surface area contributed by atoms with Crippen LogP contribution in [0.4, 0.5) is 0 Å². The highest BCUT2D eigenvalue weighted by Crippen LogP contribution is 2.43. The lowest BCUT2D eigenvalue weighted by molar-refractivity contribution is -0.870. The van der Waals surface area contributed by atoms with Crippen LogP contribution < -0.4 is 0 Å². The van der Waals surface area contributed by atoms with Gasteiger partial charge < -0.3 is 18.9 Å². The van der Waals surface area contributed by atoms with Crippen molar-refractivity contribution in [3.8, 4) is 0 Å². The molecule has 0 bridgehead atoms. The van der Waals surface area contributed by atoms with E-state index in [1.54, 1.807) is 0 Å².